The van der Waals surface area contributed by atoms with E-state index in [1.165, 1.54) is 12.7 Å². The average Bonchev–Trinajstić information content (AvgIpc) is 3.25. The Bertz CT molecular complexity index is 1000. The zero-order valence-electron chi connectivity index (χ0n) is 17.5. The highest BCUT2D eigenvalue weighted by Crippen LogP contribution is 2.24. The normalized spacial score (nSPS) is 17.9. The molecule has 4 rings (SSSR count). The standard InChI is InChI=1S/C22H27N5O3/c1-15-5-4-6-17(11-15)18-7-8-27(25-18)21-12-20(26-9-10-30-16(2)13-26)23-22(24-21)19(14-28)29-3/h4-8,11-12,16,19,28H,9-10,13-14H2,1-3H3/t16-,19?/m0/s1. The molecule has 0 amide bonds. The van der Waals surface area contributed by atoms with Crippen LogP contribution >= 0.6 is 0 Å². The highest BCUT2D eigenvalue weighted by molar-refractivity contribution is 5.60. The maximum absolute atomic E-state index is 9.70. The van der Waals surface area contributed by atoms with E-state index >= 15 is 0 Å². The van der Waals surface area contributed by atoms with Crippen molar-refractivity contribution < 1.29 is 14.6 Å². The highest BCUT2D eigenvalue weighted by atomic mass is 16.5. The van der Waals surface area contributed by atoms with E-state index in [9.17, 15) is 5.11 Å². The minimum Gasteiger partial charge on any atom is -0.393 e. The summed E-state index contributed by atoms with van der Waals surface area (Å²) < 4.78 is 12.8. The molecule has 1 aliphatic rings. The Labute approximate surface area is 176 Å². The highest BCUT2D eigenvalue weighted by Gasteiger charge is 2.22. The molecule has 0 saturated carbocycles. The molecule has 1 aliphatic heterocycles. The maximum Gasteiger partial charge on any atom is 0.164 e. The predicted octanol–water partition coefficient (Wildman–Crippen LogP) is 2.54. The van der Waals surface area contributed by atoms with Crippen LogP contribution in [0.4, 0.5) is 5.82 Å². The molecular weight excluding hydrogens is 382 g/mol. The van der Waals surface area contributed by atoms with Crippen molar-refractivity contribution in [3.63, 3.8) is 0 Å². The van der Waals surface area contributed by atoms with Crippen molar-refractivity contribution in [2.75, 3.05) is 38.3 Å². The van der Waals surface area contributed by atoms with Crippen molar-refractivity contribution in [1.29, 1.82) is 0 Å². The molecule has 2 atom stereocenters. The van der Waals surface area contributed by atoms with Crippen molar-refractivity contribution in [3.8, 4) is 17.1 Å². The van der Waals surface area contributed by atoms with Crippen molar-refractivity contribution in [2.24, 2.45) is 0 Å². The Kier molecular flexibility index (Phi) is 6.08. The summed E-state index contributed by atoms with van der Waals surface area (Å²) >= 11 is 0. The quantitative estimate of drug-likeness (QED) is 0.670. The fraction of sp³-hybridized carbons (Fsp3) is 0.409. The summed E-state index contributed by atoms with van der Waals surface area (Å²) in [6.45, 7) is 6.02. The number of aryl methyl sites for hydroxylation is 1. The summed E-state index contributed by atoms with van der Waals surface area (Å²) in [5.74, 6) is 1.83. The number of rotatable bonds is 6. The van der Waals surface area contributed by atoms with Gasteiger partial charge in [-0.05, 0) is 26.0 Å². The second kappa shape index (κ2) is 8.91. The number of methoxy groups -OCH3 is 1. The van der Waals surface area contributed by atoms with Crippen LogP contribution < -0.4 is 4.90 Å². The smallest absolute Gasteiger partial charge is 0.164 e. The molecule has 158 valence electrons. The zero-order chi connectivity index (χ0) is 21.1. The molecule has 8 nitrogen and oxygen atoms in total. The summed E-state index contributed by atoms with van der Waals surface area (Å²) in [6.07, 6.45) is 1.40. The third-order valence-corrected chi connectivity index (χ3v) is 5.16. The number of benzene rings is 1. The van der Waals surface area contributed by atoms with Gasteiger partial charge in [-0.15, -0.1) is 0 Å². The molecule has 0 bridgehead atoms. The first kappa shape index (κ1) is 20.5. The van der Waals surface area contributed by atoms with Gasteiger partial charge in [-0.3, -0.25) is 0 Å². The van der Waals surface area contributed by atoms with Crippen LogP contribution in [0.15, 0.2) is 42.6 Å². The van der Waals surface area contributed by atoms with Crippen LogP contribution in [0.25, 0.3) is 17.1 Å². The van der Waals surface area contributed by atoms with Crippen LogP contribution in [0.1, 0.15) is 24.4 Å². The van der Waals surface area contributed by atoms with Crippen molar-refractivity contribution >= 4 is 5.82 Å². The van der Waals surface area contributed by atoms with Gasteiger partial charge < -0.3 is 19.5 Å². The Balaban J connectivity index is 1.73. The van der Waals surface area contributed by atoms with E-state index in [1.54, 1.807) is 4.68 Å². The van der Waals surface area contributed by atoms with E-state index in [-0.39, 0.29) is 12.7 Å². The lowest BCUT2D eigenvalue weighted by Gasteiger charge is -2.32. The van der Waals surface area contributed by atoms with Crippen LogP contribution in [-0.2, 0) is 9.47 Å². The van der Waals surface area contributed by atoms with Crippen LogP contribution in [-0.4, -0.2) is 64.4 Å². The SMILES string of the molecule is COC(CO)c1nc(N2CCO[C@@H](C)C2)cc(-n2ccc(-c3cccc(C)c3)n2)n1. The molecule has 1 N–H and O–H groups in total. The molecule has 0 radical (unpaired) electrons. The van der Waals surface area contributed by atoms with E-state index < -0.39 is 6.10 Å². The van der Waals surface area contributed by atoms with Gasteiger partial charge >= 0.3 is 0 Å². The van der Waals surface area contributed by atoms with Gasteiger partial charge in [-0.2, -0.15) is 5.10 Å². The van der Waals surface area contributed by atoms with Crippen molar-refractivity contribution in [1.82, 2.24) is 19.7 Å². The minimum absolute atomic E-state index is 0.120. The zero-order valence-corrected chi connectivity index (χ0v) is 17.5. The molecule has 1 unspecified atom stereocenters. The first-order chi connectivity index (χ1) is 14.6. The molecule has 3 aromatic rings. The van der Waals surface area contributed by atoms with Crippen LogP contribution in [0.5, 0.6) is 0 Å². The number of morpholine rings is 1. The van der Waals surface area contributed by atoms with Gasteiger partial charge in [0.15, 0.2) is 11.6 Å². The van der Waals surface area contributed by atoms with Gasteiger partial charge in [0.25, 0.3) is 0 Å². The Morgan fingerprint density at radius 3 is 2.80 bits per heavy atom. The number of nitrogens with zero attached hydrogens (tertiary/aromatic N) is 5. The summed E-state index contributed by atoms with van der Waals surface area (Å²) in [5.41, 5.74) is 3.10. The van der Waals surface area contributed by atoms with Gasteiger partial charge in [-0.25, -0.2) is 14.6 Å². The molecule has 1 aromatic carbocycles. The van der Waals surface area contributed by atoms with Gasteiger partial charge in [0, 0.05) is 38.0 Å². The van der Waals surface area contributed by atoms with Crippen molar-refractivity contribution in [2.45, 2.75) is 26.1 Å². The monoisotopic (exact) mass is 409 g/mol. The number of hydrogen-bond donors (Lipinski definition) is 1. The van der Waals surface area contributed by atoms with Gasteiger partial charge in [0.2, 0.25) is 0 Å². The minimum atomic E-state index is -0.603. The lowest BCUT2D eigenvalue weighted by Crippen LogP contribution is -2.41. The Morgan fingerprint density at radius 2 is 2.07 bits per heavy atom. The number of aliphatic hydroxyl groups is 1. The van der Waals surface area contributed by atoms with Crippen LogP contribution in [0.2, 0.25) is 0 Å². The molecule has 3 heterocycles. The lowest BCUT2D eigenvalue weighted by atomic mass is 10.1. The molecule has 1 saturated heterocycles. The molecule has 0 aliphatic carbocycles. The van der Waals surface area contributed by atoms with E-state index in [0.717, 1.165) is 30.2 Å². The first-order valence-corrected chi connectivity index (χ1v) is 10.1. The Morgan fingerprint density at radius 1 is 1.23 bits per heavy atom. The molecule has 1 fully saturated rings. The van der Waals surface area contributed by atoms with Crippen LogP contribution in [0.3, 0.4) is 0 Å². The van der Waals surface area contributed by atoms with Crippen LogP contribution in [0, 0.1) is 6.92 Å². The van der Waals surface area contributed by atoms with Crippen molar-refractivity contribution in [3.05, 3.63) is 54.0 Å². The van der Waals surface area contributed by atoms with Gasteiger partial charge in [0.05, 0.1) is 25.0 Å². The second-order valence-electron chi connectivity index (χ2n) is 7.49. The van der Waals surface area contributed by atoms with Gasteiger partial charge in [0.1, 0.15) is 11.9 Å². The molecule has 0 spiro atoms. The van der Waals surface area contributed by atoms with E-state index in [2.05, 4.69) is 33.9 Å². The predicted molar refractivity (Wildman–Crippen MR) is 114 cm³/mol. The number of aromatic nitrogens is 4. The maximum atomic E-state index is 9.70. The molecule has 2 aromatic heterocycles. The Hall–Kier alpha value is -2.81. The van der Waals surface area contributed by atoms with E-state index in [4.69, 9.17) is 14.6 Å². The third-order valence-electron chi connectivity index (χ3n) is 5.16. The summed E-state index contributed by atoms with van der Waals surface area (Å²) in [4.78, 5) is 11.5. The summed E-state index contributed by atoms with van der Waals surface area (Å²) in [7, 11) is 1.54. The number of ether oxygens (including phenoxy) is 2. The van der Waals surface area contributed by atoms with E-state index in [1.807, 2.05) is 37.4 Å². The molecule has 8 heteroatoms. The number of hydrogen-bond acceptors (Lipinski definition) is 7. The largest absolute Gasteiger partial charge is 0.393 e. The van der Waals surface area contributed by atoms with Gasteiger partial charge in [-0.1, -0.05) is 23.8 Å². The topological polar surface area (TPSA) is 85.5 Å². The molecular formula is C22H27N5O3. The summed E-state index contributed by atoms with van der Waals surface area (Å²) in [5, 5.41) is 14.4. The third kappa shape index (κ3) is 4.35. The number of aliphatic hydroxyl groups excluding tert-OH is 1. The fourth-order valence-corrected chi connectivity index (χ4v) is 3.56. The molecule has 30 heavy (non-hydrogen) atoms. The average molecular weight is 409 g/mol. The first-order valence-electron chi connectivity index (χ1n) is 10.1. The summed E-state index contributed by atoms with van der Waals surface area (Å²) in [6, 6.07) is 12.1. The lowest BCUT2D eigenvalue weighted by molar-refractivity contribution is 0.0418. The van der Waals surface area contributed by atoms with E-state index in [0.29, 0.717) is 18.2 Å². The number of anilines is 1. The second-order valence-corrected chi connectivity index (χ2v) is 7.49. The fourth-order valence-electron chi connectivity index (χ4n) is 3.56.